The van der Waals surface area contributed by atoms with Gasteiger partial charge in [0.1, 0.15) is 5.75 Å². The van der Waals surface area contributed by atoms with Crippen molar-refractivity contribution in [3.05, 3.63) is 27.7 Å². The summed E-state index contributed by atoms with van der Waals surface area (Å²) in [6, 6.07) is 3.68. The molecule has 0 spiro atoms. The summed E-state index contributed by atoms with van der Waals surface area (Å²) in [6.45, 7) is 4.40. The summed E-state index contributed by atoms with van der Waals surface area (Å²) in [7, 11) is 1.57. The average Bonchev–Trinajstić information content (AvgIpc) is 2.17. The number of carbonyl (C=O) groups excluding carboxylic acids is 1. The Morgan fingerprint density at radius 3 is 2.73 bits per heavy atom. The molecule has 1 aromatic carbocycles. The van der Waals surface area contributed by atoms with Crippen LogP contribution < -0.4 is 10.1 Å². The first kappa shape index (κ1) is 12.0. The number of methoxy groups -OCH3 is 1. The number of carbonyl (C=O) groups is 1. The van der Waals surface area contributed by atoms with Crippen LogP contribution in [0.5, 0.6) is 5.75 Å². The van der Waals surface area contributed by atoms with E-state index in [9.17, 15) is 4.79 Å². The van der Waals surface area contributed by atoms with E-state index >= 15 is 0 Å². The summed E-state index contributed by atoms with van der Waals surface area (Å²) in [5.41, 5.74) is 1.50. The van der Waals surface area contributed by atoms with Crippen molar-refractivity contribution in [3.8, 4) is 5.75 Å². The van der Waals surface area contributed by atoms with Crippen molar-refractivity contribution in [2.75, 3.05) is 13.7 Å². The Labute approximate surface area is 97.9 Å². The van der Waals surface area contributed by atoms with Gasteiger partial charge in [-0.2, -0.15) is 0 Å². The number of hydrogen-bond acceptors (Lipinski definition) is 2. The predicted octanol–water partition coefficient (Wildman–Crippen LogP) is 2.52. The monoisotopic (exact) mass is 271 g/mol. The van der Waals surface area contributed by atoms with E-state index < -0.39 is 0 Å². The highest BCUT2D eigenvalue weighted by atomic mass is 79.9. The van der Waals surface area contributed by atoms with Crippen molar-refractivity contribution in [3.63, 3.8) is 0 Å². The Kier molecular flexibility index (Phi) is 4.15. The smallest absolute Gasteiger partial charge is 0.255 e. The number of halogens is 1. The molecule has 1 N–H and O–H groups in total. The third-order valence-corrected chi connectivity index (χ3v) is 2.48. The van der Waals surface area contributed by atoms with E-state index in [2.05, 4.69) is 21.2 Å². The lowest BCUT2D eigenvalue weighted by Gasteiger charge is -2.11. The minimum absolute atomic E-state index is 0.112. The molecule has 1 rings (SSSR count). The van der Waals surface area contributed by atoms with Crippen LogP contribution in [0.25, 0.3) is 0 Å². The van der Waals surface area contributed by atoms with Crippen LogP contribution in [0.4, 0.5) is 0 Å². The quantitative estimate of drug-likeness (QED) is 0.918. The minimum atomic E-state index is -0.112. The van der Waals surface area contributed by atoms with Crippen LogP contribution in [-0.2, 0) is 0 Å². The second kappa shape index (κ2) is 5.16. The molecular weight excluding hydrogens is 258 g/mol. The third-order valence-electron chi connectivity index (χ3n) is 2.03. The van der Waals surface area contributed by atoms with Crippen LogP contribution in [-0.4, -0.2) is 19.6 Å². The molecule has 0 bridgehead atoms. The van der Waals surface area contributed by atoms with Crippen molar-refractivity contribution < 1.29 is 9.53 Å². The second-order valence-electron chi connectivity index (χ2n) is 3.16. The first-order chi connectivity index (χ1) is 7.10. The van der Waals surface area contributed by atoms with E-state index in [4.69, 9.17) is 4.74 Å². The Balaban J connectivity index is 3.20. The van der Waals surface area contributed by atoms with Gasteiger partial charge in [-0.25, -0.2) is 0 Å². The lowest BCUT2D eigenvalue weighted by Crippen LogP contribution is -2.23. The van der Waals surface area contributed by atoms with Gasteiger partial charge in [0.15, 0.2) is 0 Å². The summed E-state index contributed by atoms with van der Waals surface area (Å²) in [5, 5.41) is 2.75. The number of hydrogen-bond donors (Lipinski definition) is 1. The summed E-state index contributed by atoms with van der Waals surface area (Å²) < 4.78 is 6.09. The molecule has 1 amide bonds. The number of nitrogens with one attached hydrogen (secondary N) is 1. The van der Waals surface area contributed by atoms with Gasteiger partial charge >= 0.3 is 0 Å². The fraction of sp³-hybridized carbons (Fsp3) is 0.364. The lowest BCUT2D eigenvalue weighted by atomic mass is 10.1. The Hall–Kier alpha value is -1.03. The maximum atomic E-state index is 11.7. The van der Waals surface area contributed by atoms with Crippen LogP contribution in [0.3, 0.4) is 0 Å². The van der Waals surface area contributed by atoms with Gasteiger partial charge in [-0.05, 0) is 31.5 Å². The van der Waals surface area contributed by atoms with Gasteiger partial charge in [-0.1, -0.05) is 15.9 Å². The van der Waals surface area contributed by atoms with Gasteiger partial charge in [0.05, 0.1) is 12.7 Å². The molecule has 0 saturated heterocycles. The molecule has 15 heavy (non-hydrogen) atoms. The normalized spacial score (nSPS) is 9.87. The molecule has 0 atom stereocenters. The molecule has 0 saturated carbocycles. The number of aryl methyl sites for hydroxylation is 1. The van der Waals surface area contributed by atoms with Crippen LogP contribution in [0.1, 0.15) is 22.8 Å². The Bertz CT molecular complexity index is 377. The molecule has 0 aliphatic rings. The topological polar surface area (TPSA) is 38.3 Å². The molecule has 0 unspecified atom stereocenters. The molecule has 0 heterocycles. The fourth-order valence-electron chi connectivity index (χ4n) is 1.43. The van der Waals surface area contributed by atoms with Crippen molar-refractivity contribution >= 4 is 21.8 Å². The zero-order chi connectivity index (χ0) is 11.4. The lowest BCUT2D eigenvalue weighted by molar-refractivity contribution is 0.0952. The first-order valence-corrected chi connectivity index (χ1v) is 5.51. The SMILES string of the molecule is CCNC(=O)c1cc(Br)cc(C)c1OC. The van der Waals surface area contributed by atoms with Crippen molar-refractivity contribution in [2.45, 2.75) is 13.8 Å². The summed E-state index contributed by atoms with van der Waals surface area (Å²) >= 11 is 3.36. The van der Waals surface area contributed by atoms with Crippen LogP contribution in [0.2, 0.25) is 0 Å². The van der Waals surface area contributed by atoms with Crippen LogP contribution in [0.15, 0.2) is 16.6 Å². The molecule has 3 nitrogen and oxygen atoms in total. The van der Waals surface area contributed by atoms with Gasteiger partial charge in [-0.3, -0.25) is 4.79 Å². The maximum Gasteiger partial charge on any atom is 0.255 e. The highest BCUT2D eigenvalue weighted by Gasteiger charge is 2.14. The molecule has 0 radical (unpaired) electrons. The van der Waals surface area contributed by atoms with Gasteiger partial charge < -0.3 is 10.1 Å². The second-order valence-corrected chi connectivity index (χ2v) is 4.08. The Morgan fingerprint density at radius 2 is 2.20 bits per heavy atom. The van der Waals surface area contributed by atoms with Gasteiger partial charge in [0, 0.05) is 11.0 Å². The van der Waals surface area contributed by atoms with E-state index in [1.165, 1.54) is 0 Å². The van der Waals surface area contributed by atoms with E-state index in [-0.39, 0.29) is 5.91 Å². The molecule has 0 aliphatic carbocycles. The first-order valence-electron chi connectivity index (χ1n) is 4.72. The zero-order valence-corrected chi connectivity index (χ0v) is 10.6. The standard InChI is InChI=1S/C11H14BrNO2/c1-4-13-11(14)9-6-8(12)5-7(2)10(9)15-3/h5-6H,4H2,1-3H3,(H,13,14). The fourth-order valence-corrected chi connectivity index (χ4v) is 2.00. The van der Waals surface area contributed by atoms with Gasteiger partial charge in [0.25, 0.3) is 5.91 Å². The van der Waals surface area contributed by atoms with Crippen molar-refractivity contribution in [1.29, 1.82) is 0 Å². The van der Waals surface area contributed by atoms with E-state index in [1.54, 1.807) is 13.2 Å². The Morgan fingerprint density at radius 1 is 1.53 bits per heavy atom. The molecule has 82 valence electrons. The predicted molar refractivity (Wildman–Crippen MR) is 63.4 cm³/mol. The van der Waals surface area contributed by atoms with Crippen molar-refractivity contribution in [1.82, 2.24) is 5.32 Å². The zero-order valence-electron chi connectivity index (χ0n) is 9.06. The highest BCUT2D eigenvalue weighted by Crippen LogP contribution is 2.27. The van der Waals surface area contributed by atoms with Crippen LogP contribution >= 0.6 is 15.9 Å². The summed E-state index contributed by atoms with van der Waals surface area (Å²) in [4.78, 5) is 11.7. The highest BCUT2D eigenvalue weighted by molar-refractivity contribution is 9.10. The molecule has 0 aromatic heterocycles. The molecule has 4 heteroatoms. The minimum Gasteiger partial charge on any atom is -0.496 e. The summed E-state index contributed by atoms with van der Waals surface area (Å²) in [6.07, 6.45) is 0. The molecule has 1 aromatic rings. The molecule has 0 aliphatic heterocycles. The number of ether oxygens (including phenoxy) is 1. The summed E-state index contributed by atoms with van der Waals surface area (Å²) in [5.74, 6) is 0.517. The van der Waals surface area contributed by atoms with Gasteiger partial charge in [0.2, 0.25) is 0 Å². The average molecular weight is 272 g/mol. The van der Waals surface area contributed by atoms with Crippen molar-refractivity contribution in [2.24, 2.45) is 0 Å². The van der Waals surface area contributed by atoms with Gasteiger partial charge in [-0.15, -0.1) is 0 Å². The molecule has 0 fully saturated rings. The maximum absolute atomic E-state index is 11.7. The third kappa shape index (κ3) is 2.72. The molecular formula is C11H14BrNO2. The number of benzene rings is 1. The van der Waals surface area contributed by atoms with Crippen LogP contribution in [0, 0.1) is 6.92 Å². The largest absolute Gasteiger partial charge is 0.496 e. The van der Waals surface area contributed by atoms with E-state index in [0.29, 0.717) is 17.9 Å². The number of rotatable bonds is 3. The van der Waals surface area contributed by atoms with E-state index in [0.717, 1.165) is 10.0 Å². The number of amides is 1. The van der Waals surface area contributed by atoms with E-state index in [1.807, 2.05) is 19.9 Å².